The molecule has 88 valence electrons. The summed E-state index contributed by atoms with van der Waals surface area (Å²) in [6.07, 6.45) is 0.434. The maximum absolute atomic E-state index is 11.1. The van der Waals surface area contributed by atoms with E-state index in [2.05, 4.69) is 10.1 Å². The Bertz CT molecular complexity index is 210. The minimum Gasteiger partial charge on any atom is -0.480 e. The molecule has 0 aliphatic heterocycles. The molecule has 15 heavy (non-hydrogen) atoms. The Morgan fingerprint density at radius 2 is 2.20 bits per heavy atom. The van der Waals surface area contributed by atoms with Gasteiger partial charge in [0.15, 0.2) is 0 Å². The van der Waals surface area contributed by atoms with Gasteiger partial charge in [0.2, 0.25) is 5.91 Å². The summed E-state index contributed by atoms with van der Waals surface area (Å²) in [7, 11) is 1.39. The van der Waals surface area contributed by atoms with Crippen LogP contribution in [0.25, 0.3) is 0 Å². The average Bonchev–Trinajstić information content (AvgIpc) is 2.16. The number of carboxylic acids is 1. The van der Waals surface area contributed by atoms with Crippen LogP contribution in [0.15, 0.2) is 0 Å². The van der Waals surface area contributed by atoms with Crippen LogP contribution < -0.4 is 5.32 Å². The van der Waals surface area contributed by atoms with Crippen LogP contribution in [-0.4, -0.2) is 48.2 Å². The van der Waals surface area contributed by atoms with Crippen LogP contribution in [0, 0.1) is 0 Å². The van der Waals surface area contributed by atoms with E-state index in [1.165, 1.54) is 7.11 Å². The smallest absolute Gasteiger partial charge is 0.326 e. The zero-order valence-electron chi connectivity index (χ0n) is 8.99. The van der Waals surface area contributed by atoms with Gasteiger partial charge in [0.05, 0.1) is 0 Å². The molecular weight excluding hydrogens is 218 g/mol. The highest BCUT2D eigenvalue weighted by molar-refractivity contribution is 7.99. The Labute approximate surface area is 93.6 Å². The minimum atomic E-state index is -1.00. The standard InChI is InChI=1S/C9H17NO4S/c1-3-15-5-4-7(9(12)13)10-8(11)6-14-2/h7H,3-6H2,1-2H3,(H,10,11)(H,12,13). The number of carbonyl (C=O) groups excluding carboxylic acids is 1. The molecule has 0 aliphatic rings. The number of carboxylic acid groups (broad SMARTS) is 1. The number of carbonyl (C=O) groups is 2. The number of nitrogens with one attached hydrogen (secondary N) is 1. The summed E-state index contributed by atoms with van der Waals surface area (Å²) < 4.78 is 4.60. The van der Waals surface area contributed by atoms with Gasteiger partial charge < -0.3 is 15.2 Å². The maximum atomic E-state index is 11.1. The largest absolute Gasteiger partial charge is 0.480 e. The third-order valence-electron chi connectivity index (χ3n) is 1.66. The zero-order chi connectivity index (χ0) is 11.7. The molecule has 6 heteroatoms. The van der Waals surface area contributed by atoms with Crippen LogP contribution in [0.3, 0.4) is 0 Å². The Morgan fingerprint density at radius 1 is 1.53 bits per heavy atom. The first kappa shape index (κ1) is 14.2. The molecule has 0 aliphatic carbocycles. The lowest BCUT2D eigenvalue weighted by Crippen LogP contribution is -2.42. The summed E-state index contributed by atoms with van der Waals surface area (Å²) in [6.45, 7) is 1.90. The molecule has 0 radical (unpaired) electrons. The summed E-state index contributed by atoms with van der Waals surface area (Å²) in [4.78, 5) is 21.9. The predicted molar refractivity (Wildman–Crippen MR) is 59.1 cm³/mol. The van der Waals surface area contributed by atoms with Crippen molar-refractivity contribution in [3.8, 4) is 0 Å². The Balaban J connectivity index is 3.93. The van der Waals surface area contributed by atoms with Crippen LogP contribution in [0.1, 0.15) is 13.3 Å². The van der Waals surface area contributed by atoms with Crippen molar-refractivity contribution < 1.29 is 19.4 Å². The molecule has 0 aromatic heterocycles. The number of aliphatic carboxylic acids is 1. The Hall–Kier alpha value is -0.750. The van der Waals surface area contributed by atoms with Crippen molar-refractivity contribution in [1.29, 1.82) is 0 Å². The van der Waals surface area contributed by atoms with Crippen molar-refractivity contribution in [2.24, 2.45) is 0 Å². The summed E-state index contributed by atoms with van der Waals surface area (Å²) in [5.74, 6) is 0.265. The van der Waals surface area contributed by atoms with Gasteiger partial charge in [-0.1, -0.05) is 6.92 Å². The predicted octanol–water partition coefficient (Wildman–Crippen LogP) is 0.345. The van der Waals surface area contributed by atoms with Crippen LogP contribution in [-0.2, 0) is 14.3 Å². The first-order valence-corrected chi connectivity index (χ1v) is 5.86. The number of thioether (sulfide) groups is 1. The van der Waals surface area contributed by atoms with Gasteiger partial charge in [0, 0.05) is 7.11 Å². The lowest BCUT2D eigenvalue weighted by Gasteiger charge is -2.13. The van der Waals surface area contributed by atoms with Gasteiger partial charge >= 0.3 is 5.97 Å². The molecule has 1 amide bonds. The molecule has 0 spiro atoms. The summed E-state index contributed by atoms with van der Waals surface area (Å²) >= 11 is 1.65. The zero-order valence-corrected chi connectivity index (χ0v) is 9.80. The van der Waals surface area contributed by atoms with E-state index in [-0.39, 0.29) is 6.61 Å². The van der Waals surface area contributed by atoms with E-state index in [0.29, 0.717) is 6.42 Å². The minimum absolute atomic E-state index is 0.106. The molecule has 0 saturated heterocycles. The first-order valence-electron chi connectivity index (χ1n) is 4.70. The van der Waals surface area contributed by atoms with Crippen LogP contribution >= 0.6 is 11.8 Å². The number of hydrogen-bond acceptors (Lipinski definition) is 4. The van der Waals surface area contributed by atoms with Crippen molar-refractivity contribution >= 4 is 23.6 Å². The van der Waals surface area contributed by atoms with Crippen molar-refractivity contribution in [3.63, 3.8) is 0 Å². The highest BCUT2D eigenvalue weighted by Gasteiger charge is 2.18. The van der Waals surface area contributed by atoms with Gasteiger partial charge in [-0.15, -0.1) is 0 Å². The molecule has 0 rings (SSSR count). The highest BCUT2D eigenvalue weighted by atomic mass is 32.2. The van der Waals surface area contributed by atoms with Gasteiger partial charge in [0.1, 0.15) is 12.6 Å². The van der Waals surface area contributed by atoms with E-state index in [4.69, 9.17) is 5.11 Å². The molecule has 0 fully saturated rings. The molecule has 1 atom stereocenters. The fourth-order valence-corrected chi connectivity index (χ4v) is 1.66. The van der Waals surface area contributed by atoms with E-state index < -0.39 is 17.9 Å². The van der Waals surface area contributed by atoms with Crippen molar-refractivity contribution in [3.05, 3.63) is 0 Å². The van der Waals surface area contributed by atoms with E-state index in [1.54, 1.807) is 11.8 Å². The molecule has 0 aromatic carbocycles. The van der Waals surface area contributed by atoms with Gasteiger partial charge in [-0.3, -0.25) is 4.79 Å². The fraction of sp³-hybridized carbons (Fsp3) is 0.778. The lowest BCUT2D eigenvalue weighted by atomic mass is 10.2. The third kappa shape index (κ3) is 7.21. The van der Waals surface area contributed by atoms with Crippen molar-refractivity contribution in [2.45, 2.75) is 19.4 Å². The topological polar surface area (TPSA) is 75.6 Å². The summed E-state index contributed by atoms with van der Waals surface area (Å²) in [5.41, 5.74) is 0. The number of hydrogen-bond donors (Lipinski definition) is 2. The Morgan fingerprint density at radius 3 is 2.67 bits per heavy atom. The highest BCUT2D eigenvalue weighted by Crippen LogP contribution is 2.04. The van der Waals surface area contributed by atoms with Crippen LogP contribution in [0.2, 0.25) is 0 Å². The van der Waals surface area contributed by atoms with E-state index in [9.17, 15) is 9.59 Å². The van der Waals surface area contributed by atoms with Gasteiger partial charge in [0.25, 0.3) is 0 Å². The van der Waals surface area contributed by atoms with E-state index >= 15 is 0 Å². The van der Waals surface area contributed by atoms with Crippen molar-refractivity contribution in [2.75, 3.05) is 25.2 Å². The van der Waals surface area contributed by atoms with Gasteiger partial charge in [-0.2, -0.15) is 11.8 Å². The number of ether oxygens (including phenoxy) is 1. The first-order chi connectivity index (χ1) is 7.11. The second kappa shape index (κ2) is 8.55. The molecule has 5 nitrogen and oxygen atoms in total. The molecule has 1 unspecified atom stereocenters. The second-order valence-corrected chi connectivity index (χ2v) is 4.27. The van der Waals surface area contributed by atoms with E-state index in [0.717, 1.165) is 11.5 Å². The van der Waals surface area contributed by atoms with E-state index in [1.807, 2.05) is 6.92 Å². The second-order valence-electron chi connectivity index (χ2n) is 2.88. The number of amides is 1. The van der Waals surface area contributed by atoms with Gasteiger partial charge in [-0.25, -0.2) is 4.79 Å². The molecule has 0 saturated carbocycles. The average molecular weight is 235 g/mol. The quantitative estimate of drug-likeness (QED) is 0.594. The van der Waals surface area contributed by atoms with Gasteiger partial charge in [-0.05, 0) is 17.9 Å². The molecular formula is C9H17NO4S. The molecule has 0 bridgehead atoms. The van der Waals surface area contributed by atoms with Crippen LogP contribution in [0.4, 0.5) is 0 Å². The summed E-state index contributed by atoms with van der Waals surface area (Å²) in [6, 6.07) is -0.813. The normalized spacial score (nSPS) is 12.1. The Kier molecular flexibility index (Phi) is 8.12. The molecule has 0 aromatic rings. The number of rotatable bonds is 8. The maximum Gasteiger partial charge on any atom is 0.326 e. The third-order valence-corrected chi connectivity index (χ3v) is 2.60. The summed E-state index contributed by atoms with van der Waals surface area (Å²) in [5, 5.41) is 11.2. The van der Waals surface area contributed by atoms with Crippen molar-refractivity contribution in [1.82, 2.24) is 5.32 Å². The number of methoxy groups -OCH3 is 1. The van der Waals surface area contributed by atoms with Crippen LogP contribution in [0.5, 0.6) is 0 Å². The monoisotopic (exact) mass is 235 g/mol. The fourth-order valence-electron chi connectivity index (χ4n) is 0.970. The lowest BCUT2D eigenvalue weighted by molar-refractivity contribution is -0.142. The molecule has 0 heterocycles. The molecule has 2 N–H and O–H groups in total. The SMILES string of the molecule is CCSCCC(NC(=O)COC)C(=O)O.